The maximum atomic E-state index is 12.3. The summed E-state index contributed by atoms with van der Waals surface area (Å²) in [6.45, 7) is 7.29. The maximum absolute atomic E-state index is 12.3. The van der Waals surface area contributed by atoms with Crippen LogP contribution in [-0.4, -0.2) is 47.4 Å². The second-order valence-corrected chi connectivity index (χ2v) is 7.99. The molecule has 1 aliphatic rings. The highest BCUT2D eigenvalue weighted by Crippen LogP contribution is 2.17. The van der Waals surface area contributed by atoms with Crippen molar-refractivity contribution in [1.82, 2.24) is 9.88 Å². The molecule has 2 aromatic rings. The molecule has 0 aliphatic carbocycles. The van der Waals surface area contributed by atoms with Crippen LogP contribution in [0.3, 0.4) is 0 Å². The molecular weight excluding hydrogens is 352 g/mol. The molecule has 5 nitrogen and oxygen atoms in total. The van der Waals surface area contributed by atoms with Gasteiger partial charge in [-0.3, -0.25) is 4.98 Å². The monoisotopic (exact) mass is 380 g/mol. The van der Waals surface area contributed by atoms with Gasteiger partial charge in [-0.05, 0) is 43.5 Å². The number of aromatic nitrogens is 1. The SMILES string of the molecule is CC(C)(C)OC(=O)N1CCOC(Cc2cccc(C=Cc3cccnc3)c2)C1. The van der Waals surface area contributed by atoms with Crippen LogP contribution in [0.2, 0.25) is 0 Å². The number of amides is 1. The minimum absolute atomic E-state index is 0.0289. The van der Waals surface area contributed by atoms with Crippen molar-refractivity contribution in [1.29, 1.82) is 0 Å². The number of nitrogens with zero attached hydrogens (tertiary/aromatic N) is 2. The van der Waals surface area contributed by atoms with E-state index in [1.54, 1.807) is 11.1 Å². The van der Waals surface area contributed by atoms with E-state index in [-0.39, 0.29) is 12.2 Å². The second kappa shape index (κ2) is 9.02. The Morgan fingerprint density at radius 3 is 2.79 bits per heavy atom. The highest BCUT2D eigenvalue weighted by Gasteiger charge is 2.28. The number of morpholine rings is 1. The first-order chi connectivity index (χ1) is 13.4. The predicted molar refractivity (Wildman–Crippen MR) is 111 cm³/mol. The smallest absolute Gasteiger partial charge is 0.410 e. The summed E-state index contributed by atoms with van der Waals surface area (Å²) < 4.78 is 11.4. The standard InChI is InChI=1S/C23H28N2O3/c1-23(2,3)28-22(26)25-12-13-27-21(17-25)15-20-7-4-6-18(14-20)9-10-19-8-5-11-24-16-19/h4-11,14,16,21H,12-13,15,17H2,1-3H3. The molecule has 1 aliphatic heterocycles. The number of benzene rings is 1. The summed E-state index contributed by atoms with van der Waals surface area (Å²) in [6.07, 6.45) is 8.19. The van der Waals surface area contributed by atoms with Crippen molar-refractivity contribution in [3.8, 4) is 0 Å². The molecule has 0 spiro atoms. The Morgan fingerprint density at radius 2 is 2.04 bits per heavy atom. The fourth-order valence-electron chi connectivity index (χ4n) is 3.09. The van der Waals surface area contributed by atoms with Gasteiger partial charge < -0.3 is 14.4 Å². The summed E-state index contributed by atoms with van der Waals surface area (Å²) in [7, 11) is 0. The number of carbonyl (C=O) groups excluding carboxylic acids is 1. The van der Waals surface area contributed by atoms with Crippen molar-refractivity contribution in [3.63, 3.8) is 0 Å². The average molecular weight is 380 g/mol. The van der Waals surface area contributed by atoms with Crippen molar-refractivity contribution in [3.05, 3.63) is 65.5 Å². The van der Waals surface area contributed by atoms with Gasteiger partial charge in [-0.1, -0.05) is 42.5 Å². The van der Waals surface area contributed by atoms with Crippen LogP contribution in [0.4, 0.5) is 4.79 Å². The van der Waals surface area contributed by atoms with Crippen LogP contribution < -0.4 is 0 Å². The number of hydrogen-bond donors (Lipinski definition) is 0. The molecule has 3 rings (SSSR count). The van der Waals surface area contributed by atoms with Gasteiger partial charge >= 0.3 is 6.09 Å². The first kappa shape index (κ1) is 20.1. The van der Waals surface area contributed by atoms with E-state index in [9.17, 15) is 4.79 Å². The Balaban J connectivity index is 1.60. The molecule has 2 heterocycles. The zero-order valence-electron chi connectivity index (χ0n) is 16.8. The van der Waals surface area contributed by atoms with Crippen LogP contribution in [0.15, 0.2) is 48.8 Å². The first-order valence-corrected chi connectivity index (χ1v) is 9.66. The van der Waals surface area contributed by atoms with Gasteiger partial charge in [-0.25, -0.2) is 4.79 Å². The summed E-state index contributed by atoms with van der Waals surface area (Å²) in [5.41, 5.74) is 2.89. The number of pyridine rings is 1. The van der Waals surface area contributed by atoms with E-state index in [4.69, 9.17) is 9.47 Å². The summed E-state index contributed by atoms with van der Waals surface area (Å²) >= 11 is 0. The molecule has 1 unspecified atom stereocenters. The zero-order chi connectivity index (χ0) is 20.0. The van der Waals surface area contributed by atoms with E-state index in [2.05, 4.69) is 29.3 Å². The molecule has 0 saturated carbocycles. The molecule has 1 fully saturated rings. The van der Waals surface area contributed by atoms with Crippen molar-refractivity contribution >= 4 is 18.2 Å². The molecule has 1 saturated heterocycles. The molecule has 0 N–H and O–H groups in total. The summed E-state index contributed by atoms with van der Waals surface area (Å²) in [6, 6.07) is 12.3. The van der Waals surface area contributed by atoms with Crippen molar-refractivity contribution in [2.45, 2.75) is 38.9 Å². The normalized spacial score (nSPS) is 17.7. The third-order valence-corrected chi connectivity index (χ3v) is 4.36. The predicted octanol–water partition coefficient (Wildman–Crippen LogP) is 4.43. The van der Waals surface area contributed by atoms with Crippen LogP contribution in [0.5, 0.6) is 0 Å². The molecular formula is C23H28N2O3. The van der Waals surface area contributed by atoms with E-state index in [1.165, 1.54) is 5.56 Å². The molecule has 0 bridgehead atoms. The first-order valence-electron chi connectivity index (χ1n) is 9.66. The highest BCUT2D eigenvalue weighted by molar-refractivity contribution is 5.69. The Labute approximate surface area is 167 Å². The fourth-order valence-corrected chi connectivity index (χ4v) is 3.09. The Morgan fingerprint density at radius 1 is 1.25 bits per heavy atom. The van der Waals surface area contributed by atoms with Crippen molar-refractivity contribution < 1.29 is 14.3 Å². The van der Waals surface area contributed by atoms with Crippen LogP contribution in [-0.2, 0) is 15.9 Å². The maximum Gasteiger partial charge on any atom is 0.410 e. The van der Waals surface area contributed by atoms with Gasteiger partial charge in [0, 0.05) is 25.4 Å². The van der Waals surface area contributed by atoms with E-state index in [1.807, 2.05) is 51.2 Å². The van der Waals surface area contributed by atoms with Crippen molar-refractivity contribution in [2.24, 2.45) is 0 Å². The molecule has 5 heteroatoms. The lowest BCUT2D eigenvalue weighted by atomic mass is 10.0. The molecule has 148 valence electrons. The largest absolute Gasteiger partial charge is 0.444 e. The second-order valence-electron chi connectivity index (χ2n) is 7.99. The van der Waals surface area contributed by atoms with E-state index >= 15 is 0 Å². The Kier molecular flexibility index (Phi) is 6.47. The molecule has 1 aromatic carbocycles. The fraction of sp³-hybridized carbons (Fsp3) is 0.391. The lowest BCUT2D eigenvalue weighted by Crippen LogP contribution is -2.48. The number of carbonyl (C=O) groups is 1. The summed E-state index contributed by atoms with van der Waals surface area (Å²) in [5.74, 6) is 0. The molecule has 1 aromatic heterocycles. The Hall–Kier alpha value is -2.66. The lowest BCUT2D eigenvalue weighted by molar-refractivity contribution is -0.0415. The summed E-state index contributed by atoms with van der Waals surface area (Å²) in [5, 5.41) is 0. The average Bonchev–Trinajstić information content (AvgIpc) is 2.66. The van der Waals surface area contributed by atoms with Gasteiger partial charge in [-0.2, -0.15) is 0 Å². The van der Waals surface area contributed by atoms with Gasteiger partial charge in [0.05, 0.1) is 19.3 Å². The van der Waals surface area contributed by atoms with Gasteiger partial charge in [0.15, 0.2) is 0 Å². The molecule has 28 heavy (non-hydrogen) atoms. The zero-order valence-corrected chi connectivity index (χ0v) is 16.8. The third kappa shape index (κ3) is 6.20. The van der Waals surface area contributed by atoms with Gasteiger partial charge in [0.1, 0.15) is 5.60 Å². The number of ether oxygens (including phenoxy) is 2. The van der Waals surface area contributed by atoms with E-state index in [0.717, 1.165) is 17.5 Å². The topological polar surface area (TPSA) is 51.7 Å². The quantitative estimate of drug-likeness (QED) is 0.787. The Bertz CT molecular complexity index is 812. The van der Waals surface area contributed by atoms with Gasteiger partial charge in [0.2, 0.25) is 0 Å². The molecule has 1 amide bonds. The molecule has 1 atom stereocenters. The van der Waals surface area contributed by atoms with Crippen molar-refractivity contribution in [2.75, 3.05) is 19.7 Å². The third-order valence-electron chi connectivity index (χ3n) is 4.36. The highest BCUT2D eigenvalue weighted by atomic mass is 16.6. The van der Waals surface area contributed by atoms with Crippen LogP contribution in [0, 0.1) is 0 Å². The minimum atomic E-state index is -0.486. The van der Waals surface area contributed by atoms with Gasteiger partial charge in [-0.15, -0.1) is 0 Å². The van der Waals surface area contributed by atoms with Crippen LogP contribution >= 0.6 is 0 Å². The lowest BCUT2D eigenvalue weighted by Gasteiger charge is -2.34. The summed E-state index contributed by atoms with van der Waals surface area (Å²) in [4.78, 5) is 18.2. The molecule has 0 radical (unpaired) electrons. The number of rotatable bonds is 4. The minimum Gasteiger partial charge on any atom is -0.444 e. The van der Waals surface area contributed by atoms with Gasteiger partial charge in [0.25, 0.3) is 0 Å². The number of hydrogen-bond acceptors (Lipinski definition) is 4. The van der Waals surface area contributed by atoms with E-state index < -0.39 is 5.60 Å². The van der Waals surface area contributed by atoms with Crippen LogP contribution in [0.25, 0.3) is 12.2 Å². The van der Waals surface area contributed by atoms with Crippen LogP contribution in [0.1, 0.15) is 37.5 Å². The van der Waals surface area contributed by atoms with E-state index in [0.29, 0.717) is 19.7 Å².